The molecule has 1 spiro atoms. The maximum absolute atomic E-state index is 13.1. The highest BCUT2D eigenvalue weighted by atomic mass is 16.2. The number of nitrogens with one attached hydrogen (secondary N) is 3. The first kappa shape index (κ1) is 16.9. The molecule has 2 aliphatic rings. The molecule has 28 heavy (non-hydrogen) atoms. The standard InChI is InChI=1S/C22H22N4O2/c1-14-15-6-2-3-7-16(15)23-19(14)20(27)26-12-10-22(11-13-26)21(28)24-17-8-4-5-9-18(17)25-22/h2-9,23,25H,10-13H2,1H3,(H,24,28). The molecular weight excluding hydrogens is 352 g/mol. The van der Waals surface area contributed by atoms with Gasteiger partial charge in [0.1, 0.15) is 11.2 Å². The van der Waals surface area contributed by atoms with E-state index in [0.717, 1.165) is 27.8 Å². The Kier molecular flexibility index (Phi) is 3.69. The Balaban J connectivity index is 1.36. The van der Waals surface area contributed by atoms with Crippen LogP contribution in [0.5, 0.6) is 0 Å². The largest absolute Gasteiger partial charge is 0.369 e. The van der Waals surface area contributed by atoms with Crippen LogP contribution in [0.1, 0.15) is 28.9 Å². The normalized spacial score (nSPS) is 17.9. The van der Waals surface area contributed by atoms with Crippen LogP contribution in [-0.4, -0.2) is 40.3 Å². The predicted molar refractivity (Wildman–Crippen MR) is 110 cm³/mol. The Hall–Kier alpha value is -3.28. The monoisotopic (exact) mass is 374 g/mol. The van der Waals surface area contributed by atoms with E-state index in [2.05, 4.69) is 15.6 Å². The number of aromatic nitrogens is 1. The average molecular weight is 374 g/mol. The minimum atomic E-state index is -0.652. The molecule has 2 aromatic carbocycles. The van der Waals surface area contributed by atoms with Crippen molar-refractivity contribution in [3.05, 3.63) is 59.8 Å². The Morgan fingerprint density at radius 1 is 1.00 bits per heavy atom. The molecule has 0 saturated carbocycles. The second-order valence-electron chi connectivity index (χ2n) is 7.67. The molecule has 0 bridgehead atoms. The molecular formula is C22H22N4O2. The van der Waals surface area contributed by atoms with Gasteiger partial charge in [-0.1, -0.05) is 30.3 Å². The fourth-order valence-corrected chi connectivity index (χ4v) is 4.36. The van der Waals surface area contributed by atoms with Gasteiger partial charge in [-0.25, -0.2) is 0 Å². The molecule has 3 N–H and O–H groups in total. The highest BCUT2D eigenvalue weighted by molar-refractivity contribution is 6.06. The Morgan fingerprint density at radius 2 is 1.68 bits per heavy atom. The zero-order valence-corrected chi connectivity index (χ0v) is 15.7. The zero-order valence-electron chi connectivity index (χ0n) is 15.7. The van der Waals surface area contributed by atoms with Crippen LogP contribution in [0.3, 0.4) is 0 Å². The summed E-state index contributed by atoms with van der Waals surface area (Å²) in [6, 6.07) is 15.7. The minimum Gasteiger partial charge on any atom is -0.369 e. The Morgan fingerprint density at radius 3 is 2.43 bits per heavy atom. The van der Waals surface area contributed by atoms with Crippen LogP contribution in [0.25, 0.3) is 10.9 Å². The summed E-state index contributed by atoms with van der Waals surface area (Å²) in [5, 5.41) is 7.52. The molecule has 2 amide bonds. The second-order valence-corrected chi connectivity index (χ2v) is 7.67. The number of amides is 2. The van der Waals surface area contributed by atoms with E-state index in [0.29, 0.717) is 31.6 Å². The van der Waals surface area contributed by atoms with Crippen LogP contribution in [0, 0.1) is 6.92 Å². The molecule has 0 unspecified atom stereocenters. The van der Waals surface area contributed by atoms with Gasteiger partial charge in [-0.3, -0.25) is 9.59 Å². The van der Waals surface area contributed by atoms with Gasteiger partial charge in [0.25, 0.3) is 5.91 Å². The second kappa shape index (κ2) is 6.12. The number of hydrogen-bond acceptors (Lipinski definition) is 3. The van der Waals surface area contributed by atoms with Gasteiger partial charge in [-0.15, -0.1) is 0 Å². The van der Waals surface area contributed by atoms with Crippen LogP contribution >= 0.6 is 0 Å². The molecule has 142 valence electrons. The summed E-state index contributed by atoms with van der Waals surface area (Å²) in [4.78, 5) is 31.0. The van der Waals surface area contributed by atoms with Crippen molar-refractivity contribution in [1.82, 2.24) is 9.88 Å². The maximum Gasteiger partial charge on any atom is 0.270 e. The van der Waals surface area contributed by atoms with E-state index in [1.807, 2.05) is 60.4 Å². The number of likely N-dealkylation sites (tertiary alicyclic amines) is 1. The van der Waals surface area contributed by atoms with Gasteiger partial charge in [-0.05, 0) is 43.5 Å². The summed E-state index contributed by atoms with van der Waals surface area (Å²) in [5.41, 5.74) is 3.69. The quantitative estimate of drug-likeness (QED) is 0.610. The van der Waals surface area contributed by atoms with E-state index in [-0.39, 0.29) is 11.8 Å². The summed E-state index contributed by atoms with van der Waals surface area (Å²) in [6.07, 6.45) is 1.16. The molecule has 2 aliphatic heterocycles. The summed E-state index contributed by atoms with van der Waals surface area (Å²) in [5.74, 6) is -0.0136. The maximum atomic E-state index is 13.1. The lowest BCUT2D eigenvalue weighted by Crippen LogP contribution is -2.59. The molecule has 1 aromatic heterocycles. The van der Waals surface area contributed by atoms with Crippen LogP contribution < -0.4 is 10.6 Å². The van der Waals surface area contributed by atoms with Gasteiger partial charge < -0.3 is 20.5 Å². The van der Waals surface area contributed by atoms with Crippen LogP contribution in [0.4, 0.5) is 11.4 Å². The first-order valence-electron chi connectivity index (χ1n) is 9.63. The van der Waals surface area contributed by atoms with Crippen molar-refractivity contribution in [3.8, 4) is 0 Å². The Bertz CT molecular complexity index is 1090. The van der Waals surface area contributed by atoms with Crippen LogP contribution in [-0.2, 0) is 4.79 Å². The third-order valence-corrected chi connectivity index (χ3v) is 6.07. The number of piperidine rings is 1. The van der Waals surface area contributed by atoms with Crippen molar-refractivity contribution in [2.24, 2.45) is 0 Å². The van der Waals surface area contributed by atoms with Gasteiger partial charge >= 0.3 is 0 Å². The summed E-state index contributed by atoms with van der Waals surface area (Å²) in [7, 11) is 0. The average Bonchev–Trinajstić information content (AvgIpc) is 3.06. The smallest absolute Gasteiger partial charge is 0.270 e. The fraction of sp³-hybridized carbons (Fsp3) is 0.273. The summed E-state index contributed by atoms with van der Waals surface area (Å²) >= 11 is 0. The number of carbonyl (C=O) groups is 2. The highest BCUT2D eigenvalue weighted by Gasteiger charge is 2.45. The first-order chi connectivity index (χ1) is 13.6. The van der Waals surface area contributed by atoms with Crippen molar-refractivity contribution in [2.75, 3.05) is 23.7 Å². The predicted octanol–water partition coefficient (Wildman–Crippen LogP) is 3.52. The topological polar surface area (TPSA) is 77.2 Å². The summed E-state index contributed by atoms with van der Waals surface area (Å²) < 4.78 is 0. The van der Waals surface area contributed by atoms with Crippen molar-refractivity contribution >= 4 is 34.1 Å². The van der Waals surface area contributed by atoms with Crippen molar-refractivity contribution in [1.29, 1.82) is 0 Å². The number of aryl methyl sites for hydroxylation is 1. The lowest BCUT2D eigenvalue weighted by Gasteiger charge is -2.44. The molecule has 1 saturated heterocycles. The molecule has 0 aliphatic carbocycles. The molecule has 3 heterocycles. The van der Waals surface area contributed by atoms with E-state index in [9.17, 15) is 9.59 Å². The molecule has 3 aromatic rings. The number of hydrogen-bond donors (Lipinski definition) is 3. The van der Waals surface area contributed by atoms with Crippen molar-refractivity contribution < 1.29 is 9.59 Å². The van der Waals surface area contributed by atoms with Gasteiger partial charge in [0.05, 0.1) is 11.4 Å². The number of nitrogens with zero attached hydrogens (tertiary/aromatic N) is 1. The molecule has 5 rings (SSSR count). The lowest BCUT2D eigenvalue weighted by molar-refractivity contribution is -0.122. The fourth-order valence-electron chi connectivity index (χ4n) is 4.36. The lowest BCUT2D eigenvalue weighted by atomic mass is 9.84. The molecule has 0 radical (unpaired) electrons. The zero-order chi connectivity index (χ0) is 19.3. The number of benzene rings is 2. The molecule has 1 fully saturated rings. The SMILES string of the molecule is Cc1c(C(=O)N2CCC3(CC2)Nc2ccccc2NC3=O)[nH]c2ccccc12. The number of H-pyrrole nitrogens is 1. The van der Waals surface area contributed by atoms with Gasteiger partial charge in [0.2, 0.25) is 5.91 Å². The van der Waals surface area contributed by atoms with E-state index in [1.165, 1.54) is 0 Å². The highest BCUT2D eigenvalue weighted by Crippen LogP contribution is 2.36. The van der Waals surface area contributed by atoms with Crippen LogP contribution in [0.15, 0.2) is 48.5 Å². The molecule has 0 atom stereocenters. The first-order valence-corrected chi connectivity index (χ1v) is 9.63. The number of fused-ring (bicyclic) bond motifs is 2. The van der Waals surface area contributed by atoms with E-state index >= 15 is 0 Å². The van der Waals surface area contributed by atoms with Gasteiger partial charge in [0.15, 0.2) is 0 Å². The van der Waals surface area contributed by atoms with Crippen molar-refractivity contribution in [3.63, 3.8) is 0 Å². The Labute approximate surface area is 162 Å². The number of anilines is 2. The van der Waals surface area contributed by atoms with E-state index in [1.54, 1.807) is 0 Å². The molecule has 6 nitrogen and oxygen atoms in total. The third-order valence-electron chi connectivity index (χ3n) is 6.07. The number of rotatable bonds is 1. The number of para-hydroxylation sites is 3. The van der Waals surface area contributed by atoms with E-state index < -0.39 is 5.54 Å². The van der Waals surface area contributed by atoms with Gasteiger partial charge in [-0.2, -0.15) is 0 Å². The summed E-state index contributed by atoms with van der Waals surface area (Å²) in [6.45, 7) is 3.05. The van der Waals surface area contributed by atoms with Crippen molar-refractivity contribution in [2.45, 2.75) is 25.3 Å². The van der Waals surface area contributed by atoms with Crippen LogP contribution in [0.2, 0.25) is 0 Å². The number of carbonyl (C=O) groups excluding carboxylic acids is 2. The van der Waals surface area contributed by atoms with Gasteiger partial charge in [0, 0.05) is 24.0 Å². The molecule has 6 heteroatoms. The minimum absolute atomic E-state index is 0.000155. The number of aromatic amines is 1. The van der Waals surface area contributed by atoms with E-state index in [4.69, 9.17) is 0 Å². The third kappa shape index (κ3) is 2.48.